The second kappa shape index (κ2) is 18.4. The lowest BCUT2D eigenvalue weighted by Gasteiger charge is -2.49. The molecule has 1 saturated carbocycles. The van der Waals surface area contributed by atoms with E-state index < -0.39 is 29.3 Å². The molecule has 0 bridgehead atoms. The summed E-state index contributed by atoms with van der Waals surface area (Å²) in [6.07, 6.45) is 8.88. The fourth-order valence-corrected chi connectivity index (χ4v) is 8.66. The topological polar surface area (TPSA) is 155 Å². The summed E-state index contributed by atoms with van der Waals surface area (Å²) in [4.78, 5) is 40.2. The number of aliphatic hydroxyl groups is 1. The molecule has 2 aliphatic heterocycles. The molecule has 11 nitrogen and oxygen atoms in total. The number of hydrogen-bond donors (Lipinski definition) is 5. The standard InChI is InChI=1S/C38H61N3O8/c1-5-6-9-28(12-14-30(43)25-39-3)32(48-26(2)42)23-34(49-36(46)38-17-8-7-10-29(38)13-16-35(45)41-38)37(18-20-40-21-19-37)24-27-11-15-31(44)33(22-27)47-4/h11,15,22,28-30,32,34,39-40,43-44H,5-10,12-14,16-21,23-25H2,1-4H3,(H,41,45)/t28-,29+,30+,32+,34-,38+/m1/s1. The van der Waals surface area contributed by atoms with Crippen molar-refractivity contribution in [3.05, 3.63) is 23.8 Å². The number of fused-ring (bicyclic) bond motifs is 1. The van der Waals surface area contributed by atoms with Gasteiger partial charge in [0.2, 0.25) is 5.91 Å². The maximum Gasteiger partial charge on any atom is 0.332 e. The van der Waals surface area contributed by atoms with Crippen LogP contribution in [0.15, 0.2) is 18.2 Å². The van der Waals surface area contributed by atoms with Crippen molar-refractivity contribution in [2.24, 2.45) is 17.3 Å². The number of carbonyl (C=O) groups excluding carboxylic acids is 3. The van der Waals surface area contributed by atoms with Gasteiger partial charge >= 0.3 is 11.9 Å². The summed E-state index contributed by atoms with van der Waals surface area (Å²) in [7, 11) is 3.33. The molecule has 0 radical (unpaired) electrons. The van der Waals surface area contributed by atoms with E-state index in [1.165, 1.54) is 14.0 Å². The van der Waals surface area contributed by atoms with E-state index in [1.54, 1.807) is 6.07 Å². The van der Waals surface area contributed by atoms with Gasteiger partial charge in [-0.05, 0) is 107 Å². The van der Waals surface area contributed by atoms with E-state index in [-0.39, 0.29) is 35.4 Å². The number of aliphatic hydroxyl groups excluding tert-OH is 1. The summed E-state index contributed by atoms with van der Waals surface area (Å²) in [6, 6.07) is 5.35. The van der Waals surface area contributed by atoms with Gasteiger partial charge < -0.3 is 40.4 Å². The Labute approximate surface area is 292 Å². The number of ether oxygens (including phenoxy) is 3. The van der Waals surface area contributed by atoms with E-state index in [0.29, 0.717) is 70.1 Å². The lowest BCUT2D eigenvalue weighted by atomic mass is 9.66. The van der Waals surface area contributed by atoms with E-state index in [0.717, 1.165) is 57.2 Å². The van der Waals surface area contributed by atoms with Gasteiger partial charge in [0.05, 0.1) is 13.2 Å². The first-order valence-electron chi connectivity index (χ1n) is 18.6. The second-order valence-corrected chi connectivity index (χ2v) is 14.8. The van der Waals surface area contributed by atoms with Crippen LogP contribution in [0, 0.1) is 17.3 Å². The van der Waals surface area contributed by atoms with Crippen LogP contribution in [0.5, 0.6) is 11.5 Å². The number of phenols is 1. The third-order valence-electron chi connectivity index (χ3n) is 11.4. The van der Waals surface area contributed by atoms with Crippen molar-refractivity contribution in [2.45, 2.75) is 134 Å². The largest absolute Gasteiger partial charge is 0.504 e. The smallest absolute Gasteiger partial charge is 0.332 e. The molecular formula is C38H61N3O8. The molecule has 11 heteroatoms. The molecule has 276 valence electrons. The zero-order chi connectivity index (χ0) is 35.4. The second-order valence-electron chi connectivity index (χ2n) is 14.8. The van der Waals surface area contributed by atoms with Gasteiger partial charge in [0, 0.05) is 31.7 Å². The summed E-state index contributed by atoms with van der Waals surface area (Å²) in [5.41, 5.74) is -0.641. The van der Waals surface area contributed by atoms with E-state index in [9.17, 15) is 24.6 Å². The molecule has 1 aromatic rings. The van der Waals surface area contributed by atoms with Gasteiger partial charge in [-0.2, -0.15) is 0 Å². The number of methoxy groups -OCH3 is 1. The molecule has 3 fully saturated rings. The van der Waals surface area contributed by atoms with Gasteiger partial charge in [-0.15, -0.1) is 0 Å². The Balaban J connectivity index is 1.76. The van der Waals surface area contributed by atoms with Gasteiger partial charge in [-0.3, -0.25) is 9.59 Å². The Bertz CT molecular complexity index is 1240. The van der Waals surface area contributed by atoms with Crippen molar-refractivity contribution in [1.82, 2.24) is 16.0 Å². The zero-order valence-electron chi connectivity index (χ0n) is 30.2. The van der Waals surface area contributed by atoms with Crippen molar-refractivity contribution in [2.75, 3.05) is 33.8 Å². The molecule has 0 unspecified atom stereocenters. The fourth-order valence-electron chi connectivity index (χ4n) is 8.66. The van der Waals surface area contributed by atoms with Crippen molar-refractivity contribution in [3.8, 4) is 11.5 Å². The number of carbonyl (C=O) groups is 3. The normalized spacial score (nSPS) is 24.4. The number of benzene rings is 1. The van der Waals surface area contributed by atoms with Crippen LogP contribution in [-0.4, -0.2) is 85.7 Å². The summed E-state index contributed by atoms with van der Waals surface area (Å²) in [6.45, 7) is 5.47. The molecule has 1 amide bonds. The molecule has 2 saturated heterocycles. The Kier molecular flexibility index (Phi) is 14.6. The van der Waals surface area contributed by atoms with Crippen LogP contribution in [-0.2, 0) is 30.3 Å². The average Bonchev–Trinajstić information content (AvgIpc) is 3.08. The Morgan fingerprint density at radius 1 is 1.08 bits per heavy atom. The number of amides is 1. The molecule has 49 heavy (non-hydrogen) atoms. The van der Waals surface area contributed by atoms with Crippen LogP contribution in [0.3, 0.4) is 0 Å². The number of phenolic OH excluding ortho intramolecular Hbond substituents is 1. The average molecular weight is 688 g/mol. The lowest BCUT2D eigenvalue weighted by Crippen LogP contribution is -2.65. The number of piperidine rings is 2. The maximum atomic E-state index is 14.7. The lowest BCUT2D eigenvalue weighted by molar-refractivity contribution is -0.179. The van der Waals surface area contributed by atoms with E-state index in [4.69, 9.17) is 14.2 Å². The summed E-state index contributed by atoms with van der Waals surface area (Å²) in [5, 5.41) is 30.6. The first kappa shape index (κ1) is 38.9. The summed E-state index contributed by atoms with van der Waals surface area (Å²) < 4.78 is 18.4. The number of esters is 2. The van der Waals surface area contributed by atoms with Gasteiger partial charge in [0.25, 0.3) is 0 Å². The number of aromatic hydroxyl groups is 1. The highest BCUT2D eigenvalue weighted by atomic mass is 16.6. The first-order chi connectivity index (χ1) is 23.6. The Hall–Kier alpha value is -2.89. The predicted molar refractivity (Wildman–Crippen MR) is 187 cm³/mol. The van der Waals surface area contributed by atoms with Crippen LogP contribution >= 0.6 is 0 Å². The van der Waals surface area contributed by atoms with Crippen LogP contribution in [0.2, 0.25) is 0 Å². The highest BCUT2D eigenvalue weighted by Crippen LogP contribution is 2.46. The van der Waals surface area contributed by atoms with Crippen LogP contribution < -0.4 is 20.7 Å². The van der Waals surface area contributed by atoms with Crippen LogP contribution in [0.25, 0.3) is 0 Å². The number of hydrogen-bond acceptors (Lipinski definition) is 10. The van der Waals surface area contributed by atoms with E-state index >= 15 is 0 Å². The van der Waals surface area contributed by atoms with Crippen molar-refractivity contribution in [3.63, 3.8) is 0 Å². The Morgan fingerprint density at radius 2 is 1.86 bits per heavy atom. The molecule has 6 atom stereocenters. The Morgan fingerprint density at radius 3 is 2.55 bits per heavy atom. The van der Waals surface area contributed by atoms with E-state index in [2.05, 4.69) is 22.9 Å². The first-order valence-corrected chi connectivity index (χ1v) is 18.6. The number of likely N-dealkylation sites (N-methyl/N-ethyl adjacent to an activating group) is 1. The van der Waals surface area contributed by atoms with Gasteiger partial charge in [-0.1, -0.05) is 38.7 Å². The van der Waals surface area contributed by atoms with Crippen LogP contribution in [0.1, 0.15) is 109 Å². The molecule has 0 aromatic heterocycles. The third-order valence-corrected chi connectivity index (χ3v) is 11.4. The molecule has 2 heterocycles. The number of unbranched alkanes of at least 4 members (excludes halogenated alkanes) is 1. The van der Waals surface area contributed by atoms with Crippen LogP contribution in [0.4, 0.5) is 0 Å². The molecule has 1 aromatic carbocycles. The minimum atomic E-state index is -1.06. The summed E-state index contributed by atoms with van der Waals surface area (Å²) in [5.74, 6) is -0.475. The van der Waals surface area contributed by atoms with Gasteiger partial charge in [0.15, 0.2) is 11.5 Å². The minimum Gasteiger partial charge on any atom is -0.504 e. The van der Waals surface area contributed by atoms with Gasteiger partial charge in [-0.25, -0.2) is 4.79 Å². The monoisotopic (exact) mass is 687 g/mol. The molecule has 5 N–H and O–H groups in total. The third kappa shape index (κ3) is 10.1. The predicted octanol–water partition coefficient (Wildman–Crippen LogP) is 4.55. The van der Waals surface area contributed by atoms with Gasteiger partial charge in [0.1, 0.15) is 17.7 Å². The highest BCUT2D eigenvalue weighted by Gasteiger charge is 2.54. The zero-order valence-corrected chi connectivity index (χ0v) is 30.2. The minimum absolute atomic E-state index is 0.0210. The SMILES string of the molecule is CCCC[C@H](CC[C@H](O)CNC)[C@H](C[C@@H](OC(=O)[C@]12CCCC[C@H]1CCC(=O)N2)C1(Cc2ccc(O)c(OC)c2)CCNCC1)OC(C)=O. The number of nitrogens with one attached hydrogen (secondary N) is 3. The fraction of sp³-hybridized carbons (Fsp3) is 0.763. The molecule has 1 aliphatic carbocycles. The van der Waals surface area contributed by atoms with Crippen molar-refractivity contribution >= 4 is 17.8 Å². The molecule has 3 aliphatic rings. The number of rotatable bonds is 18. The maximum absolute atomic E-state index is 14.7. The van der Waals surface area contributed by atoms with Crippen molar-refractivity contribution in [1.29, 1.82) is 0 Å². The summed E-state index contributed by atoms with van der Waals surface area (Å²) >= 11 is 0. The van der Waals surface area contributed by atoms with Crippen molar-refractivity contribution < 1.29 is 38.8 Å². The molecular weight excluding hydrogens is 626 g/mol. The van der Waals surface area contributed by atoms with E-state index in [1.807, 2.05) is 19.2 Å². The quantitative estimate of drug-likeness (QED) is 0.139. The highest BCUT2D eigenvalue weighted by molar-refractivity contribution is 5.90. The molecule has 4 rings (SSSR count). The molecule has 0 spiro atoms.